The number of aromatic nitrogens is 3. The Morgan fingerprint density at radius 1 is 1.00 bits per heavy atom. The summed E-state index contributed by atoms with van der Waals surface area (Å²) in [6.45, 7) is 0. The second kappa shape index (κ2) is 6.41. The zero-order valence-electron chi connectivity index (χ0n) is 10.6. The lowest BCUT2D eigenvalue weighted by atomic mass is 10.2. The first kappa shape index (κ1) is 13.6. The molecule has 20 heavy (non-hydrogen) atoms. The minimum Gasteiger partial charge on any atom is -0.220 e. The third-order valence-corrected chi connectivity index (χ3v) is 4.41. The minimum absolute atomic E-state index is 0.799. The molecule has 0 amide bonds. The van der Waals surface area contributed by atoms with Gasteiger partial charge < -0.3 is 0 Å². The van der Waals surface area contributed by atoms with E-state index < -0.39 is 0 Å². The number of hydrogen-bond acceptors (Lipinski definition) is 3. The highest BCUT2D eigenvalue weighted by molar-refractivity contribution is 14.1. The van der Waals surface area contributed by atoms with Crippen LogP contribution in [0.1, 0.15) is 5.56 Å². The van der Waals surface area contributed by atoms with Crippen molar-refractivity contribution >= 4 is 34.4 Å². The number of hydrogen-bond donors (Lipinski definition) is 0. The molecule has 0 saturated carbocycles. The summed E-state index contributed by atoms with van der Waals surface area (Å²) in [7, 11) is 0. The smallest absolute Gasteiger partial charge is 0.209 e. The molecule has 1 heterocycles. The molecule has 2 aromatic carbocycles. The van der Waals surface area contributed by atoms with Crippen LogP contribution in [0.5, 0.6) is 0 Å². The van der Waals surface area contributed by atoms with Crippen molar-refractivity contribution in [2.45, 2.75) is 10.9 Å². The van der Waals surface area contributed by atoms with Crippen molar-refractivity contribution in [3.63, 3.8) is 0 Å². The Balaban J connectivity index is 1.67. The van der Waals surface area contributed by atoms with E-state index in [-0.39, 0.29) is 0 Å². The molecule has 0 atom stereocenters. The van der Waals surface area contributed by atoms with Gasteiger partial charge in [-0.15, -0.1) is 5.10 Å². The monoisotopic (exact) mass is 393 g/mol. The number of benzene rings is 2. The highest BCUT2D eigenvalue weighted by Gasteiger charge is 2.03. The number of thioether (sulfide) groups is 1. The maximum atomic E-state index is 4.48. The van der Waals surface area contributed by atoms with Gasteiger partial charge in [0.1, 0.15) is 6.33 Å². The van der Waals surface area contributed by atoms with Crippen molar-refractivity contribution in [1.29, 1.82) is 0 Å². The largest absolute Gasteiger partial charge is 0.220 e. The van der Waals surface area contributed by atoms with Gasteiger partial charge in [-0.1, -0.05) is 42.1 Å². The second-order valence-corrected chi connectivity index (χ2v) is 6.41. The van der Waals surface area contributed by atoms with Crippen molar-refractivity contribution in [2.24, 2.45) is 0 Å². The third-order valence-electron chi connectivity index (χ3n) is 2.77. The van der Waals surface area contributed by atoms with Crippen molar-refractivity contribution in [3.05, 3.63) is 70.1 Å². The summed E-state index contributed by atoms with van der Waals surface area (Å²) in [5.74, 6) is 0.885. The summed E-state index contributed by atoms with van der Waals surface area (Å²) in [6, 6.07) is 18.5. The first-order chi connectivity index (χ1) is 9.81. The fraction of sp³-hybridized carbons (Fsp3) is 0.0667. The van der Waals surface area contributed by atoms with E-state index in [1.807, 2.05) is 30.3 Å². The lowest BCUT2D eigenvalue weighted by Crippen LogP contribution is -1.93. The lowest BCUT2D eigenvalue weighted by Gasteiger charge is -1.99. The average molecular weight is 393 g/mol. The molecule has 0 fully saturated rings. The highest BCUT2D eigenvalue weighted by atomic mass is 127. The van der Waals surface area contributed by atoms with E-state index in [4.69, 9.17) is 0 Å². The SMILES string of the molecule is Ic1ccc(CSc2ncn(-c3ccccc3)n2)cc1. The van der Waals surface area contributed by atoms with Crippen LogP contribution in [0.4, 0.5) is 0 Å². The van der Waals surface area contributed by atoms with E-state index in [2.05, 4.69) is 56.9 Å². The second-order valence-electron chi connectivity index (χ2n) is 4.22. The summed E-state index contributed by atoms with van der Waals surface area (Å²) in [5, 5.41) is 5.28. The van der Waals surface area contributed by atoms with Crippen LogP contribution in [0.15, 0.2) is 66.1 Å². The molecule has 0 aliphatic heterocycles. The van der Waals surface area contributed by atoms with E-state index in [1.165, 1.54) is 9.13 Å². The van der Waals surface area contributed by atoms with Gasteiger partial charge in [-0.05, 0) is 52.4 Å². The fourth-order valence-electron chi connectivity index (χ4n) is 1.75. The summed E-state index contributed by atoms with van der Waals surface area (Å²) in [6.07, 6.45) is 1.76. The number of rotatable bonds is 4. The standard InChI is InChI=1S/C15H12IN3S/c16-13-8-6-12(7-9-13)10-20-15-17-11-19(18-15)14-4-2-1-3-5-14/h1-9,11H,10H2. The molecule has 0 aliphatic rings. The van der Waals surface area contributed by atoms with E-state index in [1.54, 1.807) is 22.8 Å². The molecular formula is C15H12IN3S. The van der Waals surface area contributed by atoms with E-state index in [9.17, 15) is 0 Å². The van der Waals surface area contributed by atoms with Crippen LogP contribution in [0.3, 0.4) is 0 Å². The molecule has 0 bridgehead atoms. The first-order valence-electron chi connectivity index (χ1n) is 6.15. The van der Waals surface area contributed by atoms with E-state index in [0.29, 0.717) is 0 Å². The molecule has 5 heteroatoms. The predicted octanol–water partition coefficient (Wildman–Crippen LogP) is 4.16. The summed E-state index contributed by atoms with van der Waals surface area (Å²) >= 11 is 3.96. The van der Waals surface area contributed by atoms with Crippen LogP contribution in [-0.4, -0.2) is 14.8 Å². The normalized spacial score (nSPS) is 10.7. The van der Waals surface area contributed by atoms with Gasteiger partial charge in [0.25, 0.3) is 0 Å². The zero-order valence-corrected chi connectivity index (χ0v) is 13.6. The van der Waals surface area contributed by atoms with Crippen molar-refractivity contribution in [3.8, 4) is 5.69 Å². The van der Waals surface area contributed by atoms with Crippen LogP contribution in [0, 0.1) is 3.57 Å². The van der Waals surface area contributed by atoms with Gasteiger partial charge in [0.2, 0.25) is 5.16 Å². The van der Waals surface area contributed by atoms with Crippen LogP contribution in [0.25, 0.3) is 5.69 Å². The van der Waals surface area contributed by atoms with Gasteiger partial charge in [0, 0.05) is 9.32 Å². The molecule has 0 unspecified atom stereocenters. The zero-order chi connectivity index (χ0) is 13.8. The molecule has 0 aliphatic carbocycles. The topological polar surface area (TPSA) is 30.7 Å². The van der Waals surface area contributed by atoms with Gasteiger partial charge in [-0.3, -0.25) is 0 Å². The molecule has 0 N–H and O–H groups in total. The first-order valence-corrected chi connectivity index (χ1v) is 8.22. The molecular weight excluding hydrogens is 381 g/mol. The summed E-state index contributed by atoms with van der Waals surface area (Å²) in [5.41, 5.74) is 2.31. The number of nitrogens with zero attached hydrogens (tertiary/aromatic N) is 3. The van der Waals surface area contributed by atoms with Gasteiger partial charge in [-0.2, -0.15) is 0 Å². The predicted molar refractivity (Wildman–Crippen MR) is 90.1 cm³/mol. The Bertz CT molecular complexity index is 680. The molecule has 3 rings (SSSR count). The van der Waals surface area contributed by atoms with Crippen LogP contribution in [-0.2, 0) is 5.75 Å². The number of para-hydroxylation sites is 1. The molecule has 1 aromatic heterocycles. The summed E-state index contributed by atoms with van der Waals surface area (Å²) < 4.78 is 3.05. The van der Waals surface area contributed by atoms with Gasteiger partial charge >= 0.3 is 0 Å². The molecule has 0 radical (unpaired) electrons. The maximum Gasteiger partial charge on any atom is 0.209 e. The van der Waals surface area contributed by atoms with Crippen LogP contribution < -0.4 is 0 Å². The fourth-order valence-corrected chi connectivity index (χ4v) is 2.86. The van der Waals surface area contributed by atoms with Gasteiger partial charge in [-0.25, -0.2) is 9.67 Å². The Hall–Kier alpha value is -1.34. The van der Waals surface area contributed by atoms with Crippen LogP contribution in [0.2, 0.25) is 0 Å². The molecule has 3 aromatic rings. The van der Waals surface area contributed by atoms with E-state index in [0.717, 1.165) is 16.6 Å². The van der Waals surface area contributed by atoms with Crippen molar-refractivity contribution in [2.75, 3.05) is 0 Å². The Morgan fingerprint density at radius 3 is 2.50 bits per heavy atom. The van der Waals surface area contributed by atoms with E-state index >= 15 is 0 Å². The highest BCUT2D eigenvalue weighted by Crippen LogP contribution is 2.20. The Kier molecular flexibility index (Phi) is 4.37. The Labute approximate surface area is 135 Å². The minimum atomic E-state index is 0.799. The van der Waals surface area contributed by atoms with Gasteiger partial charge in [0.15, 0.2) is 0 Å². The van der Waals surface area contributed by atoms with Crippen molar-refractivity contribution in [1.82, 2.24) is 14.8 Å². The molecule has 100 valence electrons. The number of halogens is 1. The van der Waals surface area contributed by atoms with Crippen LogP contribution >= 0.6 is 34.4 Å². The molecule has 0 spiro atoms. The molecule has 3 nitrogen and oxygen atoms in total. The Morgan fingerprint density at radius 2 is 1.75 bits per heavy atom. The quantitative estimate of drug-likeness (QED) is 0.493. The average Bonchev–Trinajstić information content (AvgIpc) is 2.97. The molecule has 0 saturated heterocycles. The van der Waals surface area contributed by atoms with Crippen molar-refractivity contribution < 1.29 is 0 Å². The third kappa shape index (κ3) is 3.40. The lowest BCUT2D eigenvalue weighted by molar-refractivity contribution is 0.834. The maximum absolute atomic E-state index is 4.48. The van der Waals surface area contributed by atoms with Gasteiger partial charge in [0.05, 0.1) is 5.69 Å². The summed E-state index contributed by atoms with van der Waals surface area (Å²) in [4.78, 5) is 4.34.